The minimum Gasteiger partial charge on any atom is -0.343 e. The van der Waals surface area contributed by atoms with Gasteiger partial charge < -0.3 is 9.80 Å². The molecule has 2 fully saturated rings. The van der Waals surface area contributed by atoms with Crippen LogP contribution in [0, 0.1) is 11.7 Å². The number of hydrogen-bond donors (Lipinski definition) is 0. The molecule has 0 aromatic heterocycles. The lowest BCUT2D eigenvalue weighted by atomic mass is 9.91. The van der Waals surface area contributed by atoms with Gasteiger partial charge in [0.05, 0.1) is 0 Å². The van der Waals surface area contributed by atoms with E-state index in [9.17, 15) is 14.0 Å². The minimum absolute atomic E-state index is 0.181. The molecule has 2 amide bonds. The number of aryl methyl sites for hydroxylation is 1. The summed E-state index contributed by atoms with van der Waals surface area (Å²) < 4.78 is 12.9. The summed E-state index contributed by atoms with van der Waals surface area (Å²) in [5.41, 5.74) is 0.995. The van der Waals surface area contributed by atoms with Gasteiger partial charge in [-0.15, -0.1) is 0 Å². The summed E-state index contributed by atoms with van der Waals surface area (Å²) in [5, 5.41) is 0. The first-order valence-corrected chi connectivity index (χ1v) is 9.92. The monoisotopic (exact) mass is 360 g/mol. The predicted molar refractivity (Wildman–Crippen MR) is 99.1 cm³/mol. The summed E-state index contributed by atoms with van der Waals surface area (Å²) in [6, 6.07) is 6.36. The molecule has 5 heteroatoms. The number of hydrogen-bond acceptors (Lipinski definition) is 2. The number of likely N-dealkylation sites (tertiary alicyclic amines) is 2. The van der Waals surface area contributed by atoms with Crippen LogP contribution >= 0.6 is 0 Å². The molecule has 0 N–H and O–H groups in total. The van der Waals surface area contributed by atoms with Crippen molar-refractivity contribution < 1.29 is 14.0 Å². The largest absolute Gasteiger partial charge is 0.343 e. The van der Waals surface area contributed by atoms with E-state index in [4.69, 9.17) is 0 Å². The van der Waals surface area contributed by atoms with Gasteiger partial charge in [0.25, 0.3) is 0 Å². The summed E-state index contributed by atoms with van der Waals surface area (Å²) in [6.45, 7) is 3.45. The van der Waals surface area contributed by atoms with Gasteiger partial charge in [-0.05, 0) is 62.1 Å². The quantitative estimate of drug-likeness (QED) is 0.780. The summed E-state index contributed by atoms with van der Waals surface area (Å²) in [5.74, 6) is 0.800. The standard InChI is InChI=1S/C21H29FN2O2/c22-19-7-3-17(4-8-19)5-9-21(26)24-15-11-18(12-16-24)6-10-20(25)23-13-1-2-14-23/h3-4,7-8,18H,1-2,5-6,9-16H2. The molecule has 26 heavy (non-hydrogen) atoms. The highest BCUT2D eigenvalue weighted by Gasteiger charge is 2.24. The van der Waals surface area contributed by atoms with Gasteiger partial charge in [-0.3, -0.25) is 9.59 Å². The van der Waals surface area contributed by atoms with Crippen molar-refractivity contribution in [2.24, 2.45) is 5.92 Å². The van der Waals surface area contributed by atoms with Gasteiger partial charge in [0, 0.05) is 39.0 Å². The highest BCUT2D eigenvalue weighted by molar-refractivity contribution is 5.77. The van der Waals surface area contributed by atoms with Gasteiger partial charge in [0.1, 0.15) is 5.82 Å². The molecular weight excluding hydrogens is 331 g/mol. The first kappa shape index (κ1) is 18.9. The zero-order valence-electron chi connectivity index (χ0n) is 15.5. The Labute approximate surface area is 155 Å². The average molecular weight is 360 g/mol. The average Bonchev–Trinajstić information content (AvgIpc) is 3.21. The van der Waals surface area contributed by atoms with Crippen LogP contribution in [-0.2, 0) is 16.0 Å². The van der Waals surface area contributed by atoms with Crippen LogP contribution in [0.4, 0.5) is 4.39 Å². The van der Waals surface area contributed by atoms with Crippen LogP contribution in [0.5, 0.6) is 0 Å². The fraction of sp³-hybridized carbons (Fsp3) is 0.619. The predicted octanol–water partition coefficient (Wildman–Crippen LogP) is 3.40. The Morgan fingerprint density at radius 1 is 0.885 bits per heavy atom. The first-order valence-electron chi connectivity index (χ1n) is 9.92. The third-order valence-electron chi connectivity index (χ3n) is 5.73. The molecule has 0 bridgehead atoms. The summed E-state index contributed by atoms with van der Waals surface area (Å²) in [4.78, 5) is 28.5. The smallest absolute Gasteiger partial charge is 0.222 e. The zero-order chi connectivity index (χ0) is 18.4. The molecule has 0 aliphatic carbocycles. The van der Waals surface area contributed by atoms with Crippen molar-refractivity contribution in [3.05, 3.63) is 35.6 Å². The number of carbonyl (C=O) groups is 2. The molecule has 2 heterocycles. The molecule has 2 aliphatic heterocycles. The third-order valence-corrected chi connectivity index (χ3v) is 5.73. The van der Waals surface area contributed by atoms with Crippen LogP contribution in [0.2, 0.25) is 0 Å². The lowest BCUT2D eigenvalue weighted by Crippen LogP contribution is -2.39. The summed E-state index contributed by atoms with van der Waals surface area (Å²) >= 11 is 0. The lowest BCUT2D eigenvalue weighted by Gasteiger charge is -2.32. The van der Waals surface area contributed by atoms with E-state index in [0.29, 0.717) is 31.1 Å². The van der Waals surface area contributed by atoms with Crippen molar-refractivity contribution in [3.63, 3.8) is 0 Å². The molecule has 2 saturated heterocycles. The van der Waals surface area contributed by atoms with Crippen molar-refractivity contribution in [2.45, 2.75) is 51.4 Å². The van der Waals surface area contributed by atoms with Crippen LogP contribution in [-0.4, -0.2) is 47.8 Å². The molecule has 4 nitrogen and oxygen atoms in total. The molecule has 2 aliphatic rings. The van der Waals surface area contributed by atoms with E-state index in [-0.39, 0.29) is 11.7 Å². The molecule has 0 radical (unpaired) electrons. The molecule has 142 valence electrons. The Morgan fingerprint density at radius 2 is 1.46 bits per heavy atom. The van der Waals surface area contributed by atoms with Gasteiger partial charge in [0.2, 0.25) is 11.8 Å². The second-order valence-electron chi connectivity index (χ2n) is 7.58. The van der Waals surface area contributed by atoms with Gasteiger partial charge >= 0.3 is 0 Å². The van der Waals surface area contributed by atoms with Gasteiger partial charge in [-0.2, -0.15) is 0 Å². The van der Waals surface area contributed by atoms with Crippen LogP contribution in [0.3, 0.4) is 0 Å². The van der Waals surface area contributed by atoms with Crippen molar-refractivity contribution in [3.8, 4) is 0 Å². The molecule has 0 saturated carbocycles. The third kappa shape index (κ3) is 5.29. The SMILES string of the molecule is O=C(CCC1CCN(C(=O)CCc2ccc(F)cc2)CC1)N1CCCC1. The summed E-state index contributed by atoms with van der Waals surface area (Å²) in [7, 11) is 0. The second kappa shape index (κ2) is 9.15. The molecular formula is C21H29FN2O2. The minimum atomic E-state index is -0.245. The normalized spacial score (nSPS) is 18.3. The van der Waals surface area contributed by atoms with Crippen LogP contribution in [0.25, 0.3) is 0 Å². The number of piperidine rings is 1. The van der Waals surface area contributed by atoms with Crippen LogP contribution in [0.1, 0.15) is 50.5 Å². The Kier molecular flexibility index (Phi) is 6.64. The maximum atomic E-state index is 12.9. The van der Waals surface area contributed by atoms with E-state index in [0.717, 1.165) is 63.8 Å². The molecule has 0 atom stereocenters. The Balaban J connectivity index is 1.34. The van der Waals surface area contributed by atoms with E-state index in [1.54, 1.807) is 12.1 Å². The summed E-state index contributed by atoms with van der Waals surface area (Å²) in [6.07, 6.45) is 7.02. The van der Waals surface area contributed by atoms with E-state index in [2.05, 4.69) is 0 Å². The topological polar surface area (TPSA) is 40.6 Å². The highest BCUT2D eigenvalue weighted by Crippen LogP contribution is 2.23. The van der Waals surface area contributed by atoms with Gasteiger partial charge in [-0.1, -0.05) is 12.1 Å². The molecule has 1 aromatic carbocycles. The number of benzene rings is 1. The van der Waals surface area contributed by atoms with E-state index >= 15 is 0 Å². The highest BCUT2D eigenvalue weighted by atomic mass is 19.1. The number of nitrogens with zero attached hydrogens (tertiary/aromatic N) is 2. The van der Waals surface area contributed by atoms with Crippen LogP contribution in [0.15, 0.2) is 24.3 Å². The Morgan fingerprint density at radius 3 is 2.12 bits per heavy atom. The van der Waals surface area contributed by atoms with E-state index in [1.807, 2.05) is 9.80 Å². The molecule has 0 spiro atoms. The molecule has 1 aromatic rings. The van der Waals surface area contributed by atoms with Gasteiger partial charge in [0.15, 0.2) is 0 Å². The maximum absolute atomic E-state index is 12.9. The maximum Gasteiger partial charge on any atom is 0.222 e. The van der Waals surface area contributed by atoms with Crippen molar-refractivity contribution >= 4 is 11.8 Å². The number of halogens is 1. The van der Waals surface area contributed by atoms with E-state index in [1.165, 1.54) is 12.1 Å². The fourth-order valence-electron chi connectivity index (χ4n) is 3.98. The van der Waals surface area contributed by atoms with E-state index < -0.39 is 0 Å². The molecule has 3 rings (SSSR count). The Hall–Kier alpha value is -1.91. The van der Waals surface area contributed by atoms with Crippen LogP contribution < -0.4 is 0 Å². The zero-order valence-corrected chi connectivity index (χ0v) is 15.5. The van der Waals surface area contributed by atoms with Crippen molar-refractivity contribution in [1.29, 1.82) is 0 Å². The number of rotatable bonds is 6. The molecule has 0 unspecified atom stereocenters. The van der Waals surface area contributed by atoms with Crippen molar-refractivity contribution in [1.82, 2.24) is 9.80 Å². The number of carbonyl (C=O) groups excluding carboxylic acids is 2. The fourth-order valence-corrected chi connectivity index (χ4v) is 3.98. The van der Waals surface area contributed by atoms with Gasteiger partial charge in [-0.25, -0.2) is 4.39 Å². The van der Waals surface area contributed by atoms with Crippen molar-refractivity contribution in [2.75, 3.05) is 26.2 Å². The lowest BCUT2D eigenvalue weighted by molar-refractivity contribution is -0.133. The second-order valence-corrected chi connectivity index (χ2v) is 7.58. The number of amides is 2. The Bertz CT molecular complexity index is 603. The first-order chi connectivity index (χ1) is 12.6.